The maximum atomic E-state index is 12.3. The summed E-state index contributed by atoms with van der Waals surface area (Å²) in [6, 6.07) is 7.04. The van der Waals surface area contributed by atoms with Gasteiger partial charge in [-0.15, -0.1) is 0 Å². The number of benzene rings is 1. The summed E-state index contributed by atoms with van der Waals surface area (Å²) in [5.41, 5.74) is 6.00. The number of carbonyl (C=O) groups excluding carboxylic acids is 1. The van der Waals surface area contributed by atoms with Crippen molar-refractivity contribution < 1.29 is 14.3 Å². The van der Waals surface area contributed by atoms with Gasteiger partial charge in [0.2, 0.25) is 5.91 Å². The van der Waals surface area contributed by atoms with Gasteiger partial charge in [-0.3, -0.25) is 4.79 Å². The lowest BCUT2D eigenvalue weighted by molar-refractivity contribution is -0.125. The lowest BCUT2D eigenvalue weighted by Gasteiger charge is -2.25. The summed E-state index contributed by atoms with van der Waals surface area (Å²) in [4.78, 5) is 12.3. The number of amides is 1. The fourth-order valence-electron chi connectivity index (χ4n) is 2.09. The molecule has 2 atom stereocenters. The van der Waals surface area contributed by atoms with Crippen LogP contribution in [-0.4, -0.2) is 31.3 Å². The van der Waals surface area contributed by atoms with Gasteiger partial charge in [-0.05, 0) is 45.0 Å². The third kappa shape index (κ3) is 3.11. The molecule has 20 heavy (non-hydrogen) atoms. The van der Waals surface area contributed by atoms with E-state index in [1.54, 1.807) is 0 Å². The molecule has 1 aromatic rings. The van der Waals surface area contributed by atoms with Gasteiger partial charge in [-0.2, -0.15) is 0 Å². The summed E-state index contributed by atoms with van der Waals surface area (Å²) >= 11 is 0. The van der Waals surface area contributed by atoms with Crippen molar-refractivity contribution in [2.24, 2.45) is 11.1 Å². The highest BCUT2D eigenvalue weighted by Gasteiger charge is 2.44. The largest absolute Gasteiger partial charge is 0.491 e. The fourth-order valence-corrected chi connectivity index (χ4v) is 2.09. The zero-order valence-electron chi connectivity index (χ0n) is 12.2. The van der Waals surface area contributed by atoms with Crippen LogP contribution in [0.25, 0.3) is 0 Å². The van der Waals surface area contributed by atoms with Crippen molar-refractivity contribution in [2.45, 2.75) is 32.9 Å². The number of nitrogens with two attached hydrogens (primary N) is 1. The highest BCUT2D eigenvalue weighted by molar-refractivity contribution is 5.96. The number of hydrogen-bond acceptors (Lipinski definition) is 4. The average molecular weight is 278 g/mol. The van der Waals surface area contributed by atoms with Crippen molar-refractivity contribution in [1.29, 1.82) is 0 Å². The number of carbonyl (C=O) groups is 1. The first kappa shape index (κ1) is 14.8. The molecule has 5 heteroatoms. The standard InChI is InChI=1S/C15H22N2O3/c1-10(2)20-12-6-4-11(5-7-12)17-14(18)15(3)9-19-8-13(15)16/h4-7,10,13H,8-9,16H2,1-3H3,(H,17,18). The summed E-state index contributed by atoms with van der Waals surface area (Å²) in [5, 5.41) is 2.88. The van der Waals surface area contributed by atoms with Crippen molar-refractivity contribution in [1.82, 2.24) is 0 Å². The zero-order chi connectivity index (χ0) is 14.8. The van der Waals surface area contributed by atoms with Crippen LogP contribution in [0.4, 0.5) is 5.69 Å². The first-order chi connectivity index (χ1) is 9.41. The number of hydrogen-bond donors (Lipinski definition) is 2. The van der Waals surface area contributed by atoms with Gasteiger partial charge < -0.3 is 20.5 Å². The Hall–Kier alpha value is -1.59. The Morgan fingerprint density at radius 1 is 1.45 bits per heavy atom. The lowest BCUT2D eigenvalue weighted by atomic mass is 9.85. The van der Waals surface area contributed by atoms with Gasteiger partial charge in [-0.25, -0.2) is 0 Å². The van der Waals surface area contributed by atoms with Crippen molar-refractivity contribution >= 4 is 11.6 Å². The molecule has 0 aromatic heterocycles. The molecule has 1 saturated heterocycles. The van der Waals surface area contributed by atoms with E-state index in [1.807, 2.05) is 45.0 Å². The first-order valence-corrected chi connectivity index (χ1v) is 6.83. The molecule has 1 aliphatic heterocycles. The zero-order valence-corrected chi connectivity index (χ0v) is 12.2. The minimum Gasteiger partial charge on any atom is -0.491 e. The normalized spacial score (nSPS) is 25.8. The van der Waals surface area contributed by atoms with E-state index >= 15 is 0 Å². The Morgan fingerprint density at radius 2 is 2.10 bits per heavy atom. The highest BCUT2D eigenvalue weighted by Crippen LogP contribution is 2.29. The molecular weight excluding hydrogens is 256 g/mol. The highest BCUT2D eigenvalue weighted by atomic mass is 16.5. The minimum absolute atomic E-state index is 0.111. The van der Waals surface area contributed by atoms with E-state index in [0.29, 0.717) is 13.2 Å². The third-order valence-electron chi connectivity index (χ3n) is 3.52. The molecule has 0 aliphatic carbocycles. The van der Waals surface area contributed by atoms with Gasteiger partial charge >= 0.3 is 0 Å². The van der Waals surface area contributed by atoms with Crippen LogP contribution in [0, 0.1) is 5.41 Å². The molecule has 3 N–H and O–H groups in total. The Kier molecular flexibility index (Phi) is 4.30. The molecule has 1 aliphatic rings. The summed E-state index contributed by atoms with van der Waals surface area (Å²) in [6.45, 7) is 6.55. The SMILES string of the molecule is CC(C)Oc1ccc(NC(=O)C2(C)COCC2N)cc1. The van der Waals surface area contributed by atoms with E-state index in [2.05, 4.69) is 5.32 Å². The molecule has 110 valence electrons. The number of rotatable bonds is 4. The van der Waals surface area contributed by atoms with Crippen molar-refractivity contribution in [3.63, 3.8) is 0 Å². The molecule has 1 fully saturated rings. The number of nitrogens with one attached hydrogen (secondary N) is 1. The van der Waals surface area contributed by atoms with Crippen molar-refractivity contribution in [3.8, 4) is 5.75 Å². The van der Waals surface area contributed by atoms with Crippen LogP contribution in [0.5, 0.6) is 5.75 Å². The fraction of sp³-hybridized carbons (Fsp3) is 0.533. The first-order valence-electron chi connectivity index (χ1n) is 6.83. The second-order valence-electron chi connectivity index (χ2n) is 5.68. The summed E-state index contributed by atoms with van der Waals surface area (Å²) < 4.78 is 10.8. The molecule has 2 unspecified atom stereocenters. The maximum Gasteiger partial charge on any atom is 0.234 e. The second-order valence-corrected chi connectivity index (χ2v) is 5.68. The van der Waals surface area contributed by atoms with E-state index in [0.717, 1.165) is 11.4 Å². The van der Waals surface area contributed by atoms with Crippen LogP contribution in [0.2, 0.25) is 0 Å². The lowest BCUT2D eigenvalue weighted by Crippen LogP contribution is -2.47. The van der Waals surface area contributed by atoms with E-state index < -0.39 is 5.41 Å². The molecule has 0 spiro atoms. The molecule has 2 rings (SSSR count). The molecule has 0 bridgehead atoms. The summed E-state index contributed by atoms with van der Waals surface area (Å²) in [5.74, 6) is 0.671. The molecular formula is C15H22N2O3. The summed E-state index contributed by atoms with van der Waals surface area (Å²) in [6.07, 6.45) is 0.128. The molecule has 0 radical (unpaired) electrons. The van der Waals surface area contributed by atoms with Crippen LogP contribution >= 0.6 is 0 Å². The average Bonchev–Trinajstić information content (AvgIpc) is 2.73. The molecule has 5 nitrogen and oxygen atoms in total. The predicted molar refractivity (Wildman–Crippen MR) is 77.7 cm³/mol. The third-order valence-corrected chi connectivity index (χ3v) is 3.52. The quantitative estimate of drug-likeness (QED) is 0.880. The molecule has 0 saturated carbocycles. The van der Waals surface area contributed by atoms with E-state index in [-0.39, 0.29) is 18.1 Å². The topological polar surface area (TPSA) is 73.6 Å². The Morgan fingerprint density at radius 3 is 2.60 bits per heavy atom. The van der Waals surface area contributed by atoms with Gasteiger partial charge in [0.05, 0.1) is 24.7 Å². The molecule has 1 aromatic carbocycles. The minimum atomic E-state index is -0.674. The van der Waals surface area contributed by atoms with Crippen molar-refractivity contribution in [3.05, 3.63) is 24.3 Å². The second kappa shape index (κ2) is 5.81. The summed E-state index contributed by atoms with van der Waals surface area (Å²) in [7, 11) is 0. The van der Waals surface area contributed by atoms with Gasteiger partial charge in [-0.1, -0.05) is 0 Å². The van der Waals surface area contributed by atoms with Gasteiger partial charge in [0, 0.05) is 11.7 Å². The molecule has 1 heterocycles. The van der Waals surface area contributed by atoms with E-state index in [1.165, 1.54) is 0 Å². The Balaban J connectivity index is 2.01. The monoisotopic (exact) mass is 278 g/mol. The number of ether oxygens (including phenoxy) is 2. The van der Waals surface area contributed by atoms with E-state index in [9.17, 15) is 4.79 Å². The van der Waals surface area contributed by atoms with Crippen LogP contribution in [0.3, 0.4) is 0 Å². The smallest absolute Gasteiger partial charge is 0.234 e. The van der Waals surface area contributed by atoms with E-state index in [4.69, 9.17) is 15.2 Å². The van der Waals surface area contributed by atoms with Gasteiger partial charge in [0.25, 0.3) is 0 Å². The van der Waals surface area contributed by atoms with Crippen LogP contribution in [0.1, 0.15) is 20.8 Å². The molecule has 1 amide bonds. The Labute approximate surface area is 119 Å². The van der Waals surface area contributed by atoms with Crippen molar-refractivity contribution in [2.75, 3.05) is 18.5 Å². The van der Waals surface area contributed by atoms with Gasteiger partial charge in [0.1, 0.15) is 5.75 Å². The van der Waals surface area contributed by atoms with Crippen LogP contribution in [0.15, 0.2) is 24.3 Å². The van der Waals surface area contributed by atoms with Crippen LogP contribution < -0.4 is 15.8 Å². The number of anilines is 1. The maximum absolute atomic E-state index is 12.3. The van der Waals surface area contributed by atoms with Crippen LogP contribution in [-0.2, 0) is 9.53 Å². The Bertz CT molecular complexity index is 473. The van der Waals surface area contributed by atoms with Gasteiger partial charge in [0.15, 0.2) is 0 Å². The predicted octanol–water partition coefficient (Wildman–Crippen LogP) is 1.78.